The van der Waals surface area contributed by atoms with Gasteiger partial charge in [0.1, 0.15) is 5.75 Å². The zero-order chi connectivity index (χ0) is 14.7. The molecule has 2 rings (SSSR count). The number of rotatable bonds is 4. The molecule has 0 aliphatic carbocycles. The van der Waals surface area contributed by atoms with E-state index in [0.717, 1.165) is 4.88 Å². The maximum atomic E-state index is 12.2. The number of carbonyl (C=O) groups is 1. The summed E-state index contributed by atoms with van der Waals surface area (Å²) in [5.74, 6) is 0.356. The van der Waals surface area contributed by atoms with Crippen LogP contribution in [0.15, 0.2) is 30.3 Å². The van der Waals surface area contributed by atoms with Gasteiger partial charge in [0.2, 0.25) is 0 Å². The largest absolute Gasteiger partial charge is 0.497 e. The van der Waals surface area contributed by atoms with E-state index < -0.39 is 0 Å². The second-order valence-corrected chi connectivity index (χ2v) is 6.04. The van der Waals surface area contributed by atoms with Gasteiger partial charge in [0.25, 0.3) is 5.91 Å². The summed E-state index contributed by atoms with van der Waals surface area (Å²) in [5.41, 5.74) is 6.65. The predicted molar refractivity (Wildman–Crippen MR) is 82.6 cm³/mol. The summed E-state index contributed by atoms with van der Waals surface area (Å²) in [6.07, 6.45) is 0. The average molecular weight is 311 g/mol. The number of halogens is 1. The van der Waals surface area contributed by atoms with Crippen LogP contribution in [0.2, 0.25) is 4.34 Å². The quantitative estimate of drug-likeness (QED) is 0.850. The minimum atomic E-state index is -0.238. The minimum Gasteiger partial charge on any atom is -0.497 e. The van der Waals surface area contributed by atoms with Gasteiger partial charge in [-0.2, -0.15) is 0 Å². The smallest absolute Gasteiger partial charge is 0.254 e. The highest BCUT2D eigenvalue weighted by atomic mass is 35.5. The molecule has 0 spiro atoms. The Morgan fingerprint density at radius 2 is 2.15 bits per heavy atom. The Hall–Kier alpha value is -1.72. The molecule has 1 unspecified atom stereocenters. The molecule has 0 radical (unpaired) electrons. The summed E-state index contributed by atoms with van der Waals surface area (Å²) in [6, 6.07) is 8.57. The molecule has 106 valence electrons. The number of nitrogens with one attached hydrogen (secondary N) is 1. The van der Waals surface area contributed by atoms with Crippen LogP contribution < -0.4 is 15.8 Å². The van der Waals surface area contributed by atoms with Gasteiger partial charge in [0, 0.05) is 10.6 Å². The number of methoxy groups -OCH3 is 1. The molecule has 0 aliphatic heterocycles. The van der Waals surface area contributed by atoms with E-state index in [-0.39, 0.29) is 11.9 Å². The van der Waals surface area contributed by atoms with Crippen molar-refractivity contribution in [3.63, 3.8) is 0 Å². The van der Waals surface area contributed by atoms with Crippen LogP contribution in [0.4, 0.5) is 5.69 Å². The van der Waals surface area contributed by atoms with Crippen molar-refractivity contribution in [1.82, 2.24) is 5.32 Å². The lowest BCUT2D eigenvalue weighted by molar-refractivity contribution is 0.0941. The Kier molecular flexibility index (Phi) is 4.52. The maximum absolute atomic E-state index is 12.2. The lowest BCUT2D eigenvalue weighted by atomic mass is 10.1. The van der Waals surface area contributed by atoms with Crippen molar-refractivity contribution >= 4 is 34.5 Å². The van der Waals surface area contributed by atoms with E-state index in [1.807, 2.05) is 19.1 Å². The molecule has 1 amide bonds. The number of carbonyl (C=O) groups excluding carboxylic acids is 1. The van der Waals surface area contributed by atoms with E-state index in [2.05, 4.69) is 5.32 Å². The molecular formula is C14H15ClN2O2S. The molecule has 1 aromatic heterocycles. The zero-order valence-electron chi connectivity index (χ0n) is 11.1. The van der Waals surface area contributed by atoms with Gasteiger partial charge in [-0.3, -0.25) is 4.79 Å². The minimum absolute atomic E-state index is 0.134. The van der Waals surface area contributed by atoms with Gasteiger partial charge in [-0.1, -0.05) is 11.6 Å². The van der Waals surface area contributed by atoms with Crippen LogP contribution in [0.25, 0.3) is 0 Å². The van der Waals surface area contributed by atoms with E-state index in [0.29, 0.717) is 21.3 Å². The third-order valence-corrected chi connectivity index (χ3v) is 4.29. The summed E-state index contributed by atoms with van der Waals surface area (Å²) >= 11 is 7.33. The number of hydrogen-bond acceptors (Lipinski definition) is 4. The monoisotopic (exact) mass is 310 g/mol. The van der Waals surface area contributed by atoms with Crippen LogP contribution in [0.3, 0.4) is 0 Å². The molecule has 3 N–H and O–H groups in total. The molecular weight excluding hydrogens is 296 g/mol. The zero-order valence-corrected chi connectivity index (χ0v) is 12.7. The van der Waals surface area contributed by atoms with Gasteiger partial charge in [-0.05, 0) is 37.3 Å². The van der Waals surface area contributed by atoms with E-state index in [9.17, 15) is 4.79 Å². The van der Waals surface area contributed by atoms with Crippen molar-refractivity contribution in [3.05, 3.63) is 45.1 Å². The first-order valence-electron chi connectivity index (χ1n) is 6.01. The van der Waals surface area contributed by atoms with Gasteiger partial charge in [-0.15, -0.1) is 11.3 Å². The Bertz CT molecular complexity index is 627. The van der Waals surface area contributed by atoms with Gasteiger partial charge in [-0.25, -0.2) is 0 Å². The number of ether oxygens (including phenoxy) is 1. The van der Waals surface area contributed by atoms with Crippen molar-refractivity contribution in [1.29, 1.82) is 0 Å². The fourth-order valence-electron chi connectivity index (χ4n) is 1.77. The number of thiophene rings is 1. The number of nitrogens with two attached hydrogens (primary N) is 1. The first-order chi connectivity index (χ1) is 9.51. The highest BCUT2D eigenvalue weighted by Crippen LogP contribution is 2.27. The van der Waals surface area contributed by atoms with Crippen molar-refractivity contribution < 1.29 is 9.53 Å². The fraction of sp³-hybridized carbons (Fsp3) is 0.214. The summed E-state index contributed by atoms with van der Waals surface area (Å²) in [6.45, 7) is 1.90. The second kappa shape index (κ2) is 6.15. The lowest BCUT2D eigenvalue weighted by Gasteiger charge is -2.14. The molecule has 6 heteroatoms. The summed E-state index contributed by atoms with van der Waals surface area (Å²) in [7, 11) is 1.55. The first-order valence-corrected chi connectivity index (χ1v) is 7.20. The summed E-state index contributed by atoms with van der Waals surface area (Å²) in [5, 5.41) is 2.90. The van der Waals surface area contributed by atoms with E-state index in [4.69, 9.17) is 22.1 Å². The topological polar surface area (TPSA) is 64.3 Å². The Morgan fingerprint density at radius 1 is 1.40 bits per heavy atom. The van der Waals surface area contributed by atoms with Crippen LogP contribution in [0.5, 0.6) is 5.75 Å². The van der Waals surface area contributed by atoms with Crippen LogP contribution in [0, 0.1) is 0 Å². The Morgan fingerprint density at radius 3 is 2.75 bits per heavy atom. The van der Waals surface area contributed by atoms with Crippen molar-refractivity contribution in [2.24, 2.45) is 0 Å². The standard InChI is InChI=1S/C14H15ClN2O2S/c1-8(12-5-6-13(15)20-12)17-14(18)10-7-9(19-2)3-4-11(10)16/h3-8H,16H2,1-2H3,(H,17,18). The van der Waals surface area contributed by atoms with E-state index in [1.165, 1.54) is 11.3 Å². The molecule has 0 saturated carbocycles. The third kappa shape index (κ3) is 3.23. The van der Waals surface area contributed by atoms with Crippen LogP contribution >= 0.6 is 22.9 Å². The fourth-order valence-corrected chi connectivity index (χ4v) is 2.83. The molecule has 1 aromatic carbocycles. The lowest BCUT2D eigenvalue weighted by Crippen LogP contribution is -2.26. The highest BCUT2D eigenvalue weighted by molar-refractivity contribution is 7.16. The SMILES string of the molecule is COc1ccc(N)c(C(=O)NC(C)c2ccc(Cl)s2)c1. The average Bonchev–Trinajstić information content (AvgIpc) is 2.86. The molecule has 0 bridgehead atoms. The third-order valence-electron chi connectivity index (χ3n) is 2.87. The number of hydrogen-bond donors (Lipinski definition) is 2. The summed E-state index contributed by atoms with van der Waals surface area (Å²) in [4.78, 5) is 13.2. The number of anilines is 1. The Labute approximate surface area is 126 Å². The number of nitrogen functional groups attached to an aromatic ring is 1. The predicted octanol–water partition coefficient (Wildman–Crippen LogP) is 3.48. The molecule has 4 nitrogen and oxygen atoms in total. The van der Waals surface area contributed by atoms with E-state index >= 15 is 0 Å². The number of benzene rings is 1. The van der Waals surface area contributed by atoms with Gasteiger partial charge in [0.05, 0.1) is 23.1 Å². The molecule has 0 saturated heterocycles. The summed E-state index contributed by atoms with van der Waals surface area (Å²) < 4.78 is 5.80. The van der Waals surface area contributed by atoms with Crippen LogP contribution in [-0.2, 0) is 0 Å². The molecule has 20 heavy (non-hydrogen) atoms. The van der Waals surface area contributed by atoms with Crippen LogP contribution in [0.1, 0.15) is 28.2 Å². The van der Waals surface area contributed by atoms with Crippen LogP contribution in [-0.4, -0.2) is 13.0 Å². The highest BCUT2D eigenvalue weighted by Gasteiger charge is 2.15. The first kappa shape index (κ1) is 14.7. The van der Waals surface area contributed by atoms with Crippen molar-refractivity contribution in [3.8, 4) is 5.75 Å². The number of amides is 1. The molecule has 1 heterocycles. The van der Waals surface area contributed by atoms with Crippen molar-refractivity contribution in [2.75, 3.05) is 12.8 Å². The molecule has 2 aromatic rings. The molecule has 1 atom stereocenters. The van der Waals surface area contributed by atoms with Gasteiger partial charge in [0.15, 0.2) is 0 Å². The molecule has 0 aliphatic rings. The van der Waals surface area contributed by atoms with E-state index in [1.54, 1.807) is 25.3 Å². The second-order valence-electron chi connectivity index (χ2n) is 4.29. The van der Waals surface area contributed by atoms with Gasteiger partial charge < -0.3 is 15.8 Å². The normalized spacial score (nSPS) is 11.9. The maximum Gasteiger partial charge on any atom is 0.254 e. The molecule has 0 fully saturated rings. The van der Waals surface area contributed by atoms with Gasteiger partial charge >= 0.3 is 0 Å². The van der Waals surface area contributed by atoms with Crippen molar-refractivity contribution in [2.45, 2.75) is 13.0 Å². The Balaban J connectivity index is 2.15.